The third-order valence-corrected chi connectivity index (χ3v) is 4.92. The van der Waals surface area contributed by atoms with E-state index in [0.717, 1.165) is 4.31 Å². The third kappa shape index (κ3) is 3.14. The molecule has 3 N–H and O–H groups in total. The van der Waals surface area contributed by atoms with E-state index in [9.17, 15) is 13.2 Å². The van der Waals surface area contributed by atoms with Crippen LogP contribution in [-0.4, -0.2) is 51.6 Å². The van der Waals surface area contributed by atoms with Gasteiger partial charge in [0.2, 0.25) is 0 Å². The molecule has 2 atom stereocenters. The average molecular weight is 303 g/mol. The van der Waals surface area contributed by atoms with Crippen LogP contribution in [0, 0.1) is 0 Å². The van der Waals surface area contributed by atoms with Crippen LogP contribution in [0.3, 0.4) is 0 Å². The van der Waals surface area contributed by atoms with E-state index in [2.05, 4.69) is 19.9 Å². The second kappa shape index (κ2) is 5.85. The molecule has 1 aliphatic heterocycles. The number of piperidine rings is 1. The summed E-state index contributed by atoms with van der Waals surface area (Å²) in [5.74, 6) is -0.750. The minimum atomic E-state index is -3.89. The highest BCUT2D eigenvalue weighted by Crippen LogP contribution is 2.21. The highest BCUT2D eigenvalue weighted by molar-refractivity contribution is 7.87. The summed E-state index contributed by atoms with van der Waals surface area (Å²) in [5, 5.41) is 15.4. The van der Waals surface area contributed by atoms with Crippen LogP contribution in [0.2, 0.25) is 0 Å². The zero-order valence-corrected chi connectivity index (χ0v) is 11.8. The standard InChI is InChI=1S/C10H17N5O4S/c1-7(9-11-6-12-13-9)14-20(18,19)15-5-3-2-4-8(15)10(16)17/h6-8,14H,2-5H2,1H3,(H,16,17)(H,11,12,13). The number of carbonyl (C=O) groups is 1. The smallest absolute Gasteiger partial charge is 0.322 e. The van der Waals surface area contributed by atoms with Gasteiger partial charge in [0.25, 0.3) is 10.2 Å². The van der Waals surface area contributed by atoms with E-state index in [1.165, 1.54) is 6.33 Å². The zero-order chi connectivity index (χ0) is 14.8. The van der Waals surface area contributed by atoms with Crippen LogP contribution in [0.4, 0.5) is 0 Å². The van der Waals surface area contributed by atoms with Crippen molar-refractivity contribution in [1.29, 1.82) is 0 Å². The van der Waals surface area contributed by atoms with Crippen molar-refractivity contribution in [3.05, 3.63) is 12.2 Å². The molecule has 0 aliphatic carbocycles. The average Bonchev–Trinajstić information content (AvgIpc) is 2.92. The first-order chi connectivity index (χ1) is 9.42. The van der Waals surface area contributed by atoms with E-state index < -0.39 is 28.3 Å². The van der Waals surface area contributed by atoms with Gasteiger partial charge in [0.1, 0.15) is 18.2 Å². The normalized spacial score (nSPS) is 22.6. The van der Waals surface area contributed by atoms with Crippen LogP contribution in [0.1, 0.15) is 38.1 Å². The van der Waals surface area contributed by atoms with Gasteiger partial charge in [0, 0.05) is 6.54 Å². The molecule has 2 rings (SSSR count). The van der Waals surface area contributed by atoms with Gasteiger partial charge in [0.05, 0.1) is 6.04 Å². The number of carboxylic acid groups (broad SMARTS) is 1. The molecule has 0 radical (unpaired) electrons. The molecule has 1 aromatic rings. The van der Waals surface area contributed by atoms with E-state index in [1.54, 1.807) is 6.92 Å². The Morgan fingerprint density at radius 3 is 2.95 bits per heavy atom. The van der Waals surface area contributed by atoms with Crippen LogP contribution in [-0.2, 0) is 15.0 Å². The Bertz CT molecular complexity index is 558. The van der Waals surface area contributed by atoms with Crippen LogP contribution in [0.5, 0.6) is 0 Å². The number of nitrogens with zero attached hydrogens (tertiary/aromatic N) is 3. The Morgan fingerprint density at radius 1 is 1.60 bits per heavy atom. The van der Waals surface area contributed by atoms with Gasteiger partial charge in [-0.2, -0.15) is 22.5 Å². The van der Waals surface area contributed by atoms with E-state index in [1.807, 2.05) is 0 Å². The summed E-state index contributed by atoms with van der Waals surface area (Å²) in [6.45, 7) is 1.81. The second-order valence-corrected chi connectivity index (χ2v) is 6.33. The van der Waals surface area contributed by atoms with Gasteiger partial charge in [-0.25, -0.2) is 4.98 Å². The molecule has 10 heteroatoms. The van der Waals surface area contributed by atoms with Gasteiger partial charge in [-0.1, -0.05) is 0 Å². The molecule has 2 unspecified atom stereocenters. The fraction of sp³-hybridized carbons (Fsp3) is 0.700. The molecule has 0 saturated carbocycles. The fourth-order valence-corrected chi connectivity index (χ4v) is 3.80. The molecular weight excluding hydrogens is 286 g/mol. The molecule has 2 heterocycles. The lowest BCUT2D eigenvalue weighted by Crippen LogP contribution is -2.52. The first-order valence-electron chi connectivity index (χ1n) is 6.29. The Hall–Kier alpha value is -1.52. The molecule has 1 fully saturated rings. The Balaban J connectivity index is 2.14. The van der Waals surface area contributed by atoms with Crippen molar-refractivity contribution in [1.82, 2.24) is 24.2 Å². The number of aliphatic carboxylic acids is 1. The van der Waals surface area contributed by atoms with Crippen LogP contribution in [0.25, 0.3) is 0 Å². The van der Waals surface area contributed by atoms with Gasteiger partial charge in [-0.3, -0.25) is 9.89 Å². The monoisotopic (exact) mass is 303 g/mol. The van der Waals surface area contributed by atoms with E-state index in [-0.39, 0.29) is 6.54 Å². The summed E-state index contributed by atoms with van der Waals surface area (Å²) in [6.07, 6.45) is 2.97. The van der Waals surface area contributed by atoms with E-state index >= 15 is 0 Å². The molecule has 1 aromatic heterocycles. The summed E-state index contributed by atoms with van der Waals surface area (Å²) in [4.78, 5) is 15.0. The number of rotatable bonds is 5. The number of aromatic amines is 1. The summed E-state index contributed by atoms with van der Waals surface area (Å²) >= 11 is 0. The van der Waals surface area contributed by atoms with E-state index in [0.29, 0.717) is 25.1 Å². The van der Waals surface area contributed by atoms with Crippen LogP contribution in [0.15, 0.2) is 6.33 Å². The fourth-order valence-electron chi connectivity index (χ4n) is 2.21. The number of H-pyrrole nitrogens is 1. The molecule has 1 aliphatic rings. The Labute approximate surface area is 116 Å². The van der Waals surface area contributed by atoms with Gasteiger partial charge in [0.15, 0.2) is 0 Å². The first-order valence-corrected chi connectivity index (χ1v) is 7.73. The van der Waals surface area contributed by atoms with Gasteiger partial charge in [-0.05, 0) is 26.2 Å². The lowest BCUT2D eigenvalue weighted by atomic mass is 10.1. The van der Waals surface area contributed by atoms with Gasteiger partial charge >= 0.3 is 5.97 Å². The summed E-state index contributed by atoms with van der Waals surface area (Å²) in [5.41, 5.74) is 0. The van der Waals surface area contributed by atoms with Crippen molar-refractivity contribution in [2.24, 2.45) is 0 Å². The second-order valence-electron chi connectivity index (χ2n) is 4.68. The number of carboxylic acids is 1. The summed E-state index contributed by atoms with van der Waals surface area (Å²) in [7, 11) is -3.89. The molecule has 1 saturated heterocycles. The number of hydrogen-bond donors (Lipinski definition) is 3. The quantitative estimate of drug-likeness (QED) is 0.681. The molecule has 112 valence electrons. The lowest BCUT2D eigenvalue weighted by Gasteiger charge is -2.32. The maximum atomic E-state index is 12.3. The highest BCUT2D eigenvalue weighted by atomic mass is 32.2. The molecule has 9 nitrogen and oxygen atoms in total. The van der Waals surface area contributed by atoms with Crippen molar-refractivity contribution in [3.63, 3.8) is 0 Å². The Morgan fingerprint density at radius 2 is 2.35 bits per heavy atom. The maximum absolute atomic E-state index is 12.3. The van der Waals surface area contributed by atoms with Crippen molar-refractivity contribution in [2.75, 3.05) is 6.54 Å². The number of aromatic nitrogens is 3. The zero-order valence-electron chi connectivity index (χ0n) is 11.0. The summed E-state index contributed by atoms with van der Waals surface area (Å²) in [6, 6.07) is -1.62. The molecule has 0 amide bonds. The lowest BCUT2D eigenvalue weighted by molar-refractivity contribution is -0.142. The minimum absolute atomic E-state index is 0.204. The first kappa shape index (κ1) is 14.9. The van der Waals surface area contributed by atoms with Crippen molar-refractivity contribution < 1.29 is 18.3 Å². The number of hydrogen-bond acceptors (Lipinski definition) is 5. The predicted octanol–water partition coefficient (Wildman–Crippen LogP) is -0.361. The van der Waals surface area contributed by atoms with E-state index in [4.69, 9.17) is 5.11 Å². The SMILES string of the molecule is CC(NS(=O)(=O)N1CCCCC1C(=O)O)c1ncn[nH]1. The van der Waals surface area contributed by atoms with Gasteiger partial charge < -0.3 is 5.11 Å². The van der Waals surface area contributed by atoms with Gasteiger partial charge in [-0.15, -0.1) is 0 Å². The van der Waals surface area contributed by atoms with Crippen LogP contribution < -0.4 is 4.72 Å². The minimum Gasteiger partial charge on any atom is -0.480 e. The maximum Gasteiger partial charge on any atom is 0.322 e. The molecule has 20 heavy (non-hydrogen) atoms. The predicted molar refractivity (Wildman–Crippen MR) is 68.8 cm³/mol. The largest absolute Gasteiger partial charge is 0.480 e. The van der Waals surface area contributed by atoms with Crippen LogP contribution >= 0.6 is 0 Å². The van der Waals surface area contributed by atoms with Crippen molar-refractivity contribution in [2.45, 2.75) is 38.3 Å². The molecule has 0 spiro atoms. The third-order valence-electron chi connectivity index (χ3n) is 3.22. The number of nitrogens with one attached hydrogen (secondary N) is 2. The molecular formula is C10H17N5O4S. The summed E-state index contributed by atoms with van der Waals surface area (Å²) < 4.78 is 28.0. The van der Waals surface area contributed by atoms with Crippen molar-refractivity contribution in [3.8, 4) is 0 Å². The molecule has 0 aromatic carbocycles. The highest BCUT2D eigenvalue weighted by Gasteiger charge is 2.37. The molecule has 0 bridgehead atoms. The topological polar surface area (TPSA) is 128 Å². The van der Waals surface area contributed by atoms with Crippen molar-refractivity contribution >= 4 is 16.2 Å². The Kier molecular flexibility index (Phi) is 4.35.